The van der Waals surface area contributed by atoms with Crippen LogP contribution < -0.4 is 0 Å². The number of halogens is 1. The van der Waals surface area contributed by atoms with E-state index in [-0.39, 0.29) is 6.61 Å². The number of aliphatic hydroxyl groups excluding tert-OH is 1. The predicted octanol–water partition coefficient (Wildman–Crippen LogP) is 1.62. The van der Waals surface area contributed by atoms with E-state index in [4.69, 9.17) is 16.7 Å². The maximum Gasteiger partial charge on any atom is 0.337 e. The summed E-state index contributed by atoms with van der Waals surface area (Å²) in [6.07, 6.45) is 0. The van der Waals surface area contributed by atoms with E-state index in [1.54, 1.807) is 12.1 Å². The van der Waals surface area contributed by atoms with Gasteiger partial charge >= 0.3 is 5.97 Å². The van der Waals surface area contributed by atoms with Crippen molar-refractivity contribution < 1.29 is 14.6 Å². The van der Waals surface area contributed by atoms with Crippen molar-refractivity contribution in [3.05, 3.63) is 34.3 Å². The lowest BCUT2D eigenvalue weighted by Crippen LogP contribution is -2.01. The molecule has 0 saturated carbocycles. The van der Waals surface area contributed by atoms with E-state index in [1.807, 2.05) is 0 Å². The Kier molecular flexibility index (Phi) is 3.28. The predicted molar refractivity (Wildman–Crippen MR) is 48.7 cm³/mol. The zero-order valence-corrected chi connectivity index (χ0v) is 7.84. The molecular formula is C9H9ClO3. The minimum atomic E-state index is -0.439. The Bertz CT molecular complexity index is 323. The summed E-state index contributed by atoms with van der Waals surface area (Å²) in [4.78, 5) is 11.0. The van der Waals surface area contributed by atoms with Gasteiger partial charge in [0.2, 0.25) is 0 Å². The van der Waals surface area contributed by atoms with Crippen LogP contribution in [-0.4, -0.2) is 18.2 Å². The van der Waals surface area contributed by atoms with E-state index in [9.17, 15) is 4.79 Å². The molecule has 0 saturated heterocycles. The number of benzene rings is 1. The van der Waals surface area contributed by atoms with Gasteiger partial charge < -0.3 is 9.84 Å². The fraction of sp³-hybridized carbons (Fsp3) is 0.222. The molecule has 0 radical (unpaired) electrons. The van der Waals surface area contributed by atoms with Crippen molar-refractivity contribution in [3.63, 3.8) is 0 Å². The second-order valence-corrected chi connectivity index (χ2v) is 2.86. The SMILES string of the molecule is COC(=O)c1ccc(CO)c(Cl)c1. The van der Waals surface area contributed by atoms with Crippen molar-refractivity contribution in [3.8, 4) is 0 Å². The molecule has 0 aliphatic heterocycles. The van der Waals surface area contributed by atoms with Crippen molar-refractivity contribution in [2.24, 2.45) is 0 Å². The molecule has 0 fully saturated rings. The van der Waals surface area contributed by atoms with Gasteiger partial charge in [0.25, 0.3) is 0 Å². The minimum absolute atomic E-state index is 0.139. The van der Waals surface area contributed by atoms with Crippen LogP contribution in [0.2, 0.25) is 5.02 Å². The number of carbonyl (C=O) groups excluding carboxylic acids is 1. The molecule has 13 heavy (non-hydrogen) atoms. The van der Waals surface area contributed by atoms with Crippen LogP contribution in [0.3, 0.4) is 0 Å². The second-order valence-electron chi connectivity index (χ2n) is 2.46. The van der Waals surface area contributed by atoms with Gasteiger partial charge in [-0.15, -0.1) is 0 Å². The molecule has 0 aromatic heterocycles. The molecule has 0 bridgehead atoms. The average Bonchev–Trinajstić information content (AvgIpc) is 2.16. The molecule has 0 spiro atoms. The van der Waals surface area contributed by atoms with E-state index in [0.717, 1.165) is 0 Å². The molecule has 70 valence electrons. The fourth-order valence-corrected chi connectivity index (χ4v) is 1.16. The molecule has 0 amide bonds. The normalized spacial score (nSPS) is 9.77. The number of rotatable bonds is 2. The molecule has 3 nitrogen and oxygen atoms in total. The van der Waals surface area contributed by atoms with Crippen LogP contribution in [0.1, 0.15) is 15.9 Å². The van der Waals surface area contributed by atoms with Crippen molar-refractivity contribution in [2.45, 2.75) is 6.61 Å². The van der Waals surface area contributed by atoms with Crippen LogP contribution in [0, 0.1) is 0 Å². The highest BCUT2D eigenvalue weighted by Crippen LogP contribution is 2.18. The highest BCUT2D eigenvalue weighted by molar-refractivity contribution is 6.31. The molecule has 0 atom stereocenters. The van der Waals surface area contributed by atoms with Gasteiger partial charge in [-0.1, -0.05) is 17.7 Å². The molecule has 1 rings (SSSR count). The highest BCUT2D eigenvalue weighted by Gasteiger charge is 2.07. The monoisotopic (exact) mass is 200 g/mol. The second kappa shape index (κ2) is 4.25. The van der Waals surface area contributed by atoms with Crippen molar-refractivity contribution in [2.75, 3.05) is 7.11 Å². The fourth-order valence-electron chi connectivity index (χ4n) is 0.920. The third-order valence-corrected chi connectivity index (χ3v) is 2.00. The molecule has 1 aromatic carbocycles. The van der Waals surface area contributed by atoms with Crippen molar-refractivity contribution >= 4 is 17.6 Å². The first kappa shape index (κ1) is 10.0. The molecule has 0 aliphatic carbocycles. The van der Waals surface area contributed by atoms with Crippen LogP contribution in [-0.2, 0) is 11.3 Å². The summed E-state index contributed by atoms with van der Waals surface area (Å²) in [5, 5.41) is 9.17. The molecule has 0 unspecified atom stereocenters. The summed E-state index contributed by atoms with van der Waals surface area (Å²) in [6.45, 7) is -0.139. The highest BCUT2D eigenvalue weighted by atomic mass is 35.5. The summed E-state index contributed by atoms with van der Waals surface area (Å²) in [5.41, 5.74) is 0.971. The summed E-state index contributed by atoms with van der Waals surface area (Å²) < 4.78 is 4.50. The maximum atomic E-state index is 11.0. The third-order valence-electron chi connectivity index (χ3n) is 1.64. The third kappa shape index (κ3) is 2.20. The Morgan fingerprint density at radius 1 is 1.62 bits per heavy atom. The molecule has 1 N–H and O–H groups in total. The summed E-state index contributed by atoms with van der Waals surface area (Å²) >= 11 is 5.76. The molecular weight excluding hydrogens is 192 g/mol. The van der Waals surface area contributed by atoms with Gasteiger partial charge in [-0.2, -0.15) is 0 Å². The topological polar surface area (TPSA) is 46.5 Å². The number of esters is 1. The van der Waals surface area contributed by atoms with Gasteiger partial charge in [-0.05, 0) is 17.7 Å². The first-order valence-corrected chi connectivity index (χ1v) is 4.04. The lowest BCUT2D eigenvalue weighted by Gasteiger charge is -2.02. The standard InChI is InChI=1S/C9H9ClO3/c1-13-9(12)6-2-3-7(5-11)8(10)4-6/h2-4,11H,5H2,1H3. The molecule has 0 aliphatic rings. The summed E-state index contributed by atoms with van der Waals surface area (Å²) in [5.74, 6) is -0.439. The van der Waals surface area contributed by atoms with E-state index in [2.05, 4.69) is 4.74 Å². The Hall–Kier alpha value is -1.06. The number of ether oxygens (including phenoxy) is 1. The Balaban J connectivity index is 3.02. The van der Waals surface area contributed by atoms with E-state index >= 15 is 0 Å². The first-order valence-electron chi connectivity index (χ1n) is 3.66. The average molecular weight is 201 g/mol. The minimum Gasteiger partial charge on any atom is -0.465 e. The molecule has 0 heterocycles. The smallest absolute Gasteiger partial charge is 0.337 e. The van der Waals surface area contributed by atoms with Gasteiger partial charge in [0, 0.05) is 5.02 Å². The first-order chi connectivity index (χ1) is 6.19. The van der Waals surface area contributed by atoms with Gasteiger partial charge in [0.1, 0.15) is 0 Å². The Morgan fingerprint density at radius 3 is 2.77 bits per heavy atom. The Morgan fingerprint density at radius 2 is 2.31 bits per heavy atom. The van der Waals surface area contributed by atoms with Crippen LogP contribution in [0.25, 0.3) is 0 Å². The van der Waals surface area contributed by atoms with Crippen molar-refractivity contribution in [1.82, 2.24) is 0 Å². The Labute approximate surface area is 80.9 Å². The maximum absolute atomic E-state index is 11.0. The van der Waals surface area contributed by atoms with Gasteiger partial charge in [0.15, 0.2) is 0 Å². The number of carbonyl (C=O) groups is 1. The summed E-state index contributed by atoms with van der Waals surface area (Å²) in [6, 6.07) is 4.62. The number of methoxy groups -OCH3 is 1. The number of aliphatic hydroxyl groups is 1. The zero-order valence-electron chi connectivity index (χ0n) is 7.08. The van der Waals surface area contributed by atoms with E-state index in [0.29, 0.717) is 16.1 Å². The lowest BCUT2D eigenvalue weighted by atomic mass is 10.1. The van der Waals surface area contributed by atoms with Gasteiger partial charge in [-0.25, -0.2) is 4.79 Å². The van der Waals surface area contributed by atoms with Crippen LogP contribution >= 0.6 is 11.6 Å². The largest absolute Gasteiger partial charge is 0.465 e. The van der Waals surface area contributed by atoms with Crippen molar-refractivity contribution in [1.29, 1.82) is 0 Å². The number of hydrogen-bond donors (Lipinski definition) is 1. The van der Waals surface area contributed by atoms with Crippen LogP contribution in [0.5, 0.6) is 0 Å². The van der Waals surface area contributed by atoms with Crippen LogP contribution in [0.4, 0.5) is 0 Å². The van der Waals surface area contributed by atoms with E-state index < -0.39 is 5.97 Å². The molecule has 4 heteroatoms. The van der Waals surface area contributed by atoms with Gasteiger partial charge in [0.05, 0.1) is 19.3 Å². The lowest BCUT2D eigenvalue weighted by molar-refractivity contribution is 0.0600. The van der Waals surface area contributed by atoms with E-state index in [1.165, 1.54) is 13.2 Å². The zero-order chi connectivity index (χ0) is 9.84. The van der Waals surface area contributed by atoms with Crippen LogP contribution in [0.15, 0.2) is 18.2 Å². The number of hydrogen-bond acceptors (Lipinski definition) is 3. The summed E-state index contributed by atoms with van der Waals surface area (Å²) in [7, 11) is 1.30. The quantitative estimate of drug-likeness (QED) is 0.738. The van der Waals surface area contributed by atoms with Gasteiger partial charge in [-0.3, -0.25) is 0 Å². The molecule has 1 aromatic rings.